The van der Waals surface area contributed by atoms with Gasteiger partial charge >= 0.3 is 11.9 Å². The van der Waals surface area contributed by atoms with Gasteiger partial charge < -0.3 is 14.2 Å². The van der Waals surface area contributed by atoms with Crippen LogP contribution in [0.2, 0.25) is 0 Å². The number of carbonyl (C=O) groups excluding carboxylic acids is 2. The molecule has 0 radical (unpaired) electrons. The molecule has 4 rings (SSSR count). The molecule has 0 aromatic heterocycles. The normalized spacial score (nSPS) is 43.7. The molecule has 3 fully saturated rings. The van der Waals surface area contributed by atoms with Crippen molar-refractivity contribution in [2.75, 3.05) is 6.61 Å². The van der Waals surface area contributed by atoms with E-state index in [4.69, 9.17) is 14.2 Å². The summed E-state index contributed by atoms with van der Waals surface area (Å²) in [6.45, 7) is 3.24. The van der Waals surface area contributed by atoms with Crippen LogP contribution in [0.1, 0.15) is 26.7 Å². The maximum absolute atomic E-state index is 12.3. The molecule has 0 amide bonds. The topological polar surface area (TPSA) is 61.8 Å². The Labute approximate surface area is 130 Å². The quantitative estimate of drug-likeness (QED) is 0.584. The van der Waals surface area contributed by atoms with Crippen LogP contribution in [0.15, 0.2) is 12.2 Å². The Morgan fingerprint density at radius 3 is 2.64 bits per heavy atom. The van der Waals surface area contributed by atoms with Crippen LogP contribution in [0.5, 0.6) is 0 Å². The smallest absolute Gasteiger partial charge is 0.344 e. The van der Waals surface area contributed by atoms with E-state index in [0.717, 1.165) is 6.42 Å². The van der Waals surface area contributed by atoms with Crippen LogP contribution in [0.4, 0.5) is 0 Å². The van der Waals surface area contributed by atoms with E-state index in [1.165, 1.54) is 6.42 Å². The molecule has 2 heterocycles. The number of rotatable bonds is 4. The molecule has 4 bridgehead atoms. The first-order chi connectivity index (χ1) is 10.5. The van der Waals surface area contributed by atoms with Gasteiger partial charge in [-0.2, -0.15) is 0 Å². The third kappa shape index (κ3) is 2.09. The first kappa shape index (κ1) is 14.2. The van der Waals surface area contributed by atoms with Gasteiger partial charge in [0.25, 0.3) is 0 Å². The van der Waals surface area contributed by atoms with E-state index in [1.54, 1.807) is 13.8 Å². The van der Waals surface area contributed by atoms with Gasteiger partial charge in [-0.05, 0) is 50.4 Å². The lowest BCUT2D eigenvalue weighted by molar-refractivity contribution is -0.165. The van der Waals surface area contributed by atoms with E-state index in [1.807, 2.05) is 0 Å². The molecule has 0 N–H and O–H groups in total. The van der Waals surface area contributed by atoms with Crippen molar-refractivity contribution >= 4 is 11.9 Å². The van der Waals surface area contributed by atoms with Crippen LogP contribution < -0.4 is 0 Å². The lowest BCUT2D eigenvalue weighted by Gasteiger charge is -2.32. The van der Waals surface area contributed by atoms with Gasteiger partial charge in [-0.25, -0.2) is 4.79 Å². The molecule has 1 saturated carbocycles. The highest BCUT2D eigenvalue weighted by Gasteiger charge is 2.64. The number of esters is 2. The van der Waals surface area contributed by atoms with E-state index in [2.05, 4.69) is 12.2 Å². The van der Waals surface area contributed by atoms with E-state index in [9.17, 15) is 9.59 Å². The number of allylic oxidation sites excluding steroid dienone is 2. The Bertz CT molecular complexity index is 525. The van der Waals surface area contributed by atoms with Crippen LogP contribution >= 0.6 is 0 Å². The summed E-state index contributed by atoms with van der Waals surface area (Å²) in [5.41, 5.74) is 0. The highest BCUT2D eigenvalue weighted by molar-refractivity contribution is 5.78. The van der Waals surface area contributed by atoms with Crippen molar-refractivity contribution < 1.29 is 23.8 Å². The zero-order valence-electron chi connectivity index (χ0n) is 12.9. The van der Waals surface area contributed by atoms with Gasteiger partial charge in [-0.1, -0.05) is 12.2 Å². The minimum absolute atomic E-state index is 0.0245. The molecule has 4 aliphatic rings. The van der Waals surface area contributed by atoms with Gasteiger partial charge in [0.2, 0.25) is 0 Å². The Morgan fingerprint density at radius 2 is 1.91 bits per heavy atom. The summed E-state index contributed by atoms with van der Waals surface area (Å²) in [7, 11) is 0. The first-order valence-corrected chi connectivity index (χ1v) is 8.24. The third-order valence-electron chi connectivity index (χ3n) is 5.61. The summed E-state index contributed by atoms with van der Waals surface area (Å²) in [6, 6.07) is 0. The summed E-state index contributed by atoms with van der Waals surface area (Å²) < 4.78 is 16.2. The molecule has 2 aliphatic heterocycles. The predicted molar refractivity (Wildman–Crippen MR) is 76.7 cm³/mol. The molecule has 5 heteroatoms. The average Bonchev–Trinajstić information content (AvgIpc) is 3.20. The van der Waals surface area contributed by atoms with E-state index >= 15 is 0 Å². The number of hydrogen-bond acceptors (Lipinski definition) is 5. The zero-order chi connectivity index (χ0) is 15.4. The fourth-order valence-electron chi connectivity index (χ4n) is 4.99. The van der Waals surface area contributed by atoms with Gasteiger partial charge in [0, 0.05) is 0 Å². The van der Waals surface area contributed by atoms with E-state index in [-0.39, 0.29) is 36.8 Å². The van der Waals surface area contributed by atoms with Gasteiger partial charge in [0.05, 0.1) is 24.2 Å². The molecule has 120 valence electrons. The second kappa shape index (κ2) is 5.08. The van der Waals surface area contributed by atoms with Crippen LogP contribution in [0.3, 0.4) is 0 Å². The van der Waals surface area contributed by atoms with Crippen molar-refractivity contribution in [1.82, 2.24) is 0 Å². The summed E-state index contributed by atoms with van der Waals surface area (Å²) in [5, 5.41) is 0. The van der Waals surface area contributed by atoms with Crippen molar-refractivity contribution in [2.45, 2.75) is 45.0 Å². The molecule has 7 atom stereocenters. The van der Waals surface area contributed by atoms with Gasteiger partial charge in [0.1, 0.15) is 0 Å². The molecule has 7 unspecified atom stereocenters. The van der Waals surface area contributed by atoms with Crippen LogP contribution in [0, 0.1) is 29.6 Å². The maximum atomic E-state index is 12.3. The van der Waals surface area contributed by atoms with Gasteiger partial charge in [-0.3, -0.25) is 4.79 Å². The fraction of sp³-hybridized carbons (Fsp3) is 0.765. The molecule has 2 saturated heterocycles. The number of carbonyl (C=O) groups is 2. The second-order valence-corrected chi connectivity index (χ2v) is 7.23. The Balaban J connectivity index is 1.36. The molecular weight excluding hydrogens is 284 g/mol. The second-order valence-electron chi connectivity index (χ2n) is 7.23. The molecule has 2 aliphatic carbocycles. The number of ether oxygens (including phenoxy) is 3. The highest BCUT2D eigenvalue weighted by atomic mass is 16.6. The maximum Gasteiger partial charge on any atom is 0.344 e. The number of fused-ring (bicyclic) bond motifs is 9. The lowest BCUT2D eigenvalue weighted by Crippen LogP contribution is -2.40. The van der Waals surface area contributed by atoms with E-state index < -0.39 is 5.97 Å². The standard InChI is InChI=1S/C17H22O5/c1-8(2)21-13(18)7-20-17(19)11-6-12-14-9-3-4-10(5-9)15(14)16(11)22-12/h3-4,8-12,14-16H,5-7H2,1-2H3. The van der Waals surface area contributed by atoms with Crippen molar-refractivity contribution in [1.29, 1.82) is 0 Å². The van der Waals surface area contributed by atoms with Gasteiger partial charge in [-0.15, -0.1) is 0 Å². The largest absolute Gasteiger partial charge is 0.460 e. The monoisotopic (exact) mass is 306 g/mol. The van der Waals surface area contributed by atoms with Crippen molar-refractivity contribution in [2.24, 2.45) is 29.6 Å². The Morgan fingerprint density at radius 1 is 1.18 bits per heavy atom. The van der Waals surface area contributed by atoms with Crippen molar-refractivity contribution in [3.63, 3.8) is 0 Å². The molecule has 0 spiro atoms. The highest BCUT2D eigenvalue weighted by Crippen LogP contribution is 2.61. The fourth-order valence-corrected chi connectivity index (χ4v) is 4.99. The molecule has 22 heavy (non-hydrogen) atoms. The summed E-state index contributed by atoms with van der Waals surface area (Å²) in [6.07, 6.45) is 6.54. The minimum atomic E-state index is -0.492. The van der Waals surface area contributed by atoms with Crippen LogP contribution in [-0.4, -0.2) is 36.9 Å². The Hall–Kier alpha value is -1.36. The number of hydrogen-bond donors (Lipinski definition) is 0. The molecular formula is C17H22O5. The van der Waals surface area contributed by atoms with E-state index in [0.29, 0.717) is 23.7 Å². The molecule has 0 aromatic carbocycles. The first-order valence-electron chi connectivity index (χ1n) is 8.24. The summed E-state index contributed by atoms with van der Waals surface area (Å²) in [5.74, 6) is 1.25. The Kier molecular flexibility index (Phi) is 3.29. The SMILES string of the molecule is CC(C)OC(=O)COC(=O)C1CC2OC1C1C3C=CC(C3)C21. The van der Waals surface area contributed by atoms with Gasteiger partial charge in [0.15, 0.2) is 6.61 Å². The summed E-state index contributed by atoms with van der Waals surface area (Å²) >= 11 is 0. The molecule has 0 aromatic rings. The minimum Gasteiger partial charge on any atom is -0.460 e. The lowest BCUT2D eigenvalue weighted by atomic mass is 9.69. The van der Waals surface area contributed by atoms with Crippen molar-refractivity contribution in [3.05, 3.63) is 12.2 Å². The van der Waals surface area contributed by atoms with Crippen LogP contribution in [0.25, 0.3) is 0 Å². The average molecular weight is 306 g/mol. The van der Waals surface area contributed by atoms with Crippen LogP contribution in [-0.2, 0) is 23.8 Å². The summed E-state index contributed by atoms with van der Waals surface area (Å²) in [4.78, 5) is 23.8. The third-order valence-corrected chi connectivity index (χ3v) is 5.61. The molecule has 5 nitrogen and oxygen atoms in total. The zero-order valence-corrected chi connectivity index (χ0v) is 12.9. The predicted octanol–water partition coefficient (Wildman–Crippen LogP) is 1.71. The van der Waals surface area contributed by atoms with Crippen molar-refractivity contribution in [3.8, 4) is 0 Å².